The molecule has 43 heavy (non-hydrogen) atoms. The van der Waals surface area contributed by atoms with Gasteiger partial charge >= 0.3 is 0 Å². The van der Waals surface area contributed by atoms with Gasteiger partial charge in [-0.15, -0.1) is 11.3 Å². The summed E-state index contributed by atoms with van der Waals surface area (Å²) < 4.78 is 13.4. The van der Waals surface area contributed by atoms with Crippen molar-refractivity contribution in [3.05, 3.63) is 128 Å². The molecule has 9 aromatic rings. The summed E-state index contributed by atoms with van der Waals surface area (Å²) >= 11 is 1.84. The second-order valence-electron chi connectivity index (χ2n) is 10.8. The monoisotopic (exact) mass is 572 g/mol. The summed E-state index contributed by atoms with van der Waals surface area (Å²) in [5.74, 6) is 2.42. The molecule has 0 fully saturated rings. The third-order valence-corrected chi connectivity index (χ3v) is 9.42. The number of aromatic nitrogens is 4. The first kappa shape index (κ1) is 24.2. The van der Waals surface area contributed by atoms with Crippen molar-refractivity contribution in [3.63, 3.8) is 0 Å². The number of para-hydroxylation sites is 3. The lowest BCUT2D eigenvalue weighted by Gasteiger charge is -2.11. The summed E-state index contributed by atoms with van der Waals surface area (Å²) in [4.78, 5) is 9.92. The highest BCUT2D eigenvalue weighted by molar-refractivity contribution is 7.26. The number of imidazole rings is 1. The van der Waals surface area contributed by atoms with Crippen LogP contribution in [-0.2, 0) is 7.05 Å². The van der Waals surface area contributed by atoms with Gasteiger partial charge in [0.15, 0.2) is 0 Å². The van der Waals surface area contributed by atoms with Crippen molar-refractivity contribution >= 4 is 64.5 Å². The molecule has 0 aliphatic rings. The molecule has 0 aliphatic heterocycles. The van der Waals surface area contributed by atoms with Crippen LogP contribution >= 0.6 is 11.3 Å². The lowest BCUT2D eigenvalue weighted by Crippen LogP contribution is -1.96. The highest BCUT2D eigenvalue weighted by Gasteiger charge is 2.19. The van der Waals surface area contributed by atoms with Crippen LogP contribution in [0.2, 0.25) is 0 Å². The first-order valence-corrected chi connectivity index (χ1v) is 15.0. The van der Waals surface area contributed by atoms with Crippen molar-refractivity contribution in [2.75, 3.05) is 0 Å². The van der Waals surface area contributed by atoms with Gasteiger partial charge < -0.3 is 9.30 Å². The van der Waals surface area contributed by atoms with Crippen LogP contribution in [0.15, 0.2) is 128 Å². The maximum atomic E-state index is 6.46. The van der Waals surface area contributed by atoms with Crippen molar-refractivity contribution < 1.29 is 4.74 Å². The minimum Gasteiger partial charge on any atom is -0.457 e. The van der Waals surface area contributed by atoms with E-state index < -0.39 is 0 Å². The predicted octanol–water partition coefficient (Wildman–Crippen LogP) is 9.89. The predicted molar refractivity (Wildman–Crippen MR) is 178 cm³/mol. The van der Waals surface area contributed by atoms with E-state index in [1.54, 1.807) is 0 Å². The molecule has 9 rings (SSSR count). The van der Waals surface area contributed by atoms with Crippen LogP contribution in [-0.4, -0.2) is 19.1 Å². The fourth-order valence-corrected chi connectivity index (χ4v) is 7.49. The van der Waals surface area contributed by atoms with Gasteiger partial charge in [-0.2, -0.15) is 0 Å². The number of ether oxygens (including phenoxy) is 1. The van der Waals surface area contributed by atoms with E-state index in [0.717, 1.165) is 50.8 Å². The van der Waals surface area contributed by atoms with Crippen molar-refractivity contribution in [1.29, 1.82) is 0 Å². The van der Waals surface area contributed by atoms with E-state index in [1.807, 2.05) is 73.1 Å². The molecule has 6 heteroatoms. The summed E-state index contributed by atoms with van der Waals surface area (Å²) in [6.07, 6.45) is 2.03. The molecule has 204 valence electrons. The average Bonchev–Trinajstić information content (AvgIpc) is 3.70. The van der Waals surface area contributed by atoms with E-state index in [1.165, 1.54) is 30.9 Å². The Morgan fingerprint density at radius 3 is 2.30 bits per heavy atom. The highest BCUT2D eigenvalue weighted by atomic mass is 32.1. The van der Waals surface area contributed by atoms with E-state index in [2.05, 4.69) is 81.9 Å². The quantitative estimate of drug-likeness (QED) is 0.211. The van der Waals surface area contributed by atoms with Gasteiger partial charge in [-0.3, -0.25) is 4.57 Å². The Hall–Kier alpha value is -5.46. The number of benzene rings is 5. The number of hydrogen-bond acceptors (Lipinski definition) is 4. The third-order valence-electron chi connectivity index (χ3n) is 8.22. The zero-order valence-corrected chi connectivity index (χ0v) is 24.0. The molecular weight excluding hydrogens is 549 g/mol. The number of aryl methyl sites for hydroxylation is 1. The van der Waals surface area contributed by atoms with E-state index >= 15 is 0 Å². The number of thiophene rings is 1. The van der Waals surface area contributed by atoms with E-state index in [4.69, 9.17) is 14.7 Å². The van der Waals surface area contributed by atoms with Crippen molar-refractivity contribution in [2.45, 2.75) is 0 Å². The van der Waals surface area contributed by atoms with Crippen LogP contribution in [0.25, 0.3) is 70.2 Å². The summed E-state index contributed by atoms with van der Waals surface area (Å²) in [5, 5.41) is 4.85. The number of nitrogens with zero attached hydrogens (tertiary/aromatic N) is 4. The minimum absolute atomic E-state index is 0.758. The van der Waals surface area contributed by atoms with Gasteiger partial charge in [0, 0.05) is 55.8 Å². The van der Waals surface area contributed by atoms with Gasteiger partial charge in [-0.05, 0) is 48.5 Å². The summed E-state index contributed by atoms with van der Waals surface area (Å²) in [6, 6.07) is 41.7. The standard InChI is InChI=1S/C37H24N4OS/c1-40-32-18-6-4-16-30(32)39-36(40)23-10-8-12-25(20-23)42-26-13-9-11-24(21-26)41-31-17-5-2-15-28(31)34-35-29(22-38-37(34)41)27-14-3-7-19-33(27)43-35/h2-22H,1H3. The van der Waals surface area contributed by atoms with Crippen LogP contribution in [0, 0.1) is 0 Å². The SMILES string of the molecule is Cn1c(-c2cccc(Oc3cccc(-n4c5ccccc5c5c6sc7ccccc7c6cnc54)c3)c2)nc2ccccc21. The van der Waals surface area contributed by atoms with Crippen molar-refractivity contribution in [3.8, 4) is 28.6 Å². The largest absolute Gasteiger partial charge is 0.457 e. The van der Waals surface area contributed by atoms with E-state index in [-0.39, 0.29) is 0 Å². The van der Waals surface area contributed by atoms with Gasteiger partial charge in [0.05, 0.1) is 22.2 Å². The first-order valence-electron chi connectivity index (χ1n) is 14.2. The minimum atomic E-state index is 0.758. The van der Waals surface area contributed by atoms with Gasteiger partial charge in [0.1, 0.15) is 23.0 Å². The Balaban J connectivity index is 1.16. The number of rotatable bonds is 4. The number of fused-ring (bicyclic) bond motifs is 8. The molecule has 0 aliphatic carbocycles. The molecule has 0 atom stereocenters. The molecular formula is C37H24N4OS. The average molecular weight is 573 g/mol. The third kappa shape index (κ3) is 3.70. The number of pyridine rings is 1. The highest BCUT2D eigenvalue weighted by Crippen LogP contribution is 2.42. The van der Waals surface area contributed by atoms with Crippen molar-refractivity contribution in [1.82, 2.24) is 19.1 Å². The second-order valence-corrected chi connectivity index (χ2v) is 11.8. The van der Waals surface area contributed by atoms with Crippen LogP contribution in [0.1, 0.15) is 0 Å². The normalized spacial score (nSPS) is 11.8. The Bertz CT molecular complexity index is 2520. The van der Waals surface area contributed by atoms with Gasteiger partial charge in [0.25, 0.3) is 0 Å². The summed E-state index contributed by atoms with van der Waals surface area (Å²) in [6.45, 7) is 0. The second kappa shape index (κ2) is 9.28. The summed E-state index contributed by atoms with van der Waals surface area (Å²) in [5.41, 5.74) is 6.16. The lowest BCUT2D eigenvalue weighted by atomic mass is 10.1. The maximum absolute atomic E-state index is 6.46. The van der Waals surface area contributed by atoms with Crippen LogP contribution in [0.4, 0.5) is 0 Å². The Kier molecular flexibility index (Phi) is 5.21. The van der Waals surface area contributed by atoms with Crippen molar-refractivity contribution in [2.24, 2.45) is 7.05 Å². The van der Waals surface area contributed by atoms with Crippen LogP contribution < -0.4 is 4.74 Å². The zero-order chi connectivity index (χ0) is 28.5. The molecule has 0 N–H and O–H groups in total. The molecule has 0 spiro atoms. The molecule has 0 unspecified atom stereocenters. The van der Waals surface area contributed by atoms with Gasteiger partial charge in [-0.25, -0.2) is 9.97 Å². The van der Waals surface area contributed by atoms with E-state index in [0.29, 0.717) is 0 Å². The lowest BCUT2D eigenvalue weighted by molar-refractivity contribution is 0.482. The molecule has 0 radical (unpaired) electrons. The molecule has 4 heterocycles. The zero-order valence-electron chi connectivity index (χ0n) is 23.2. The smallest absolute Gasteiger partial charge is 0.147 e. The molecule has 4 aromatic heterocycles. The Morgan fingerprint density at radius 1 is 0.674 bits per heavy atom. The molecule has 0 saturated carbocycles. The fourth-order valence-electron chi connectivity index (χ4n) is 6.26. The van der Waals surface area contributed by atoms with Crippen LogP contribution in [0.5, 0.6) is 11.5 Å². The van der Waals surface area contributed by atoms with E-state index in [9.17, 15) is 0 Å². The molecule has 5 nitrogen and oxygen atoms in total. The molecule has 0 amide bonds. The summed E-state index contributed by atoms with van der Waals surface area (Å²) in [7, 11) is 2.05. The number of hydrogen-bond donors (Lipinski definition) is 0. The molecule has 0 bridgehead atoms. The van der Waals surface area contributed by atoms with Crippen LogP contribution in [0.3, 0.4) is 0 Å². The Morgan fingerprint density at radius 2 is 1.42 bits per heavy atom. The first-order chi connectivity index (χ1) is 21.2. The molecule has 5 aromatic carbocycles. The maximum Gasteiger partial charge on any atom is 0.147 e. The topological polar surface area (TPSA) is 44.9 Å². The molecule has 0 saturated heterocycles. The van der Waals surface area contributed by atoms with Gasteiger partial charge in [0.2, 0.25) is 0 Å². The fraction of sp³-hybridized carbons (Fsp3) is 0.0270. The van der Waals surface area contributed by atoms with Gasteiger partial charge in [-0.1, -0.05) is 66.7 Å². The Labute approximate surface area is 250 Å².